The number of rotatable bonds is 2. The molecule has 2 aromatic rings. The third-order valence-corrected chi connectivity index (χ3v) is 3.63. The van der Waals surface area contributed by atoms with Crippen molar-refractivity contribution >= 4 is 29.0 Å². The number of aromatic nitrogens is 2. The summed E-state index contributed by atoms with van der Waals surface area (Å²) in [7, 11) is 1.78. The van der Waals surface area contributed by atoms with Crippen LogP contribution >= 0.6 is 11.6 Å². The van der Waals surface area contributed by atoms with E-state index in [1.165, 1.54) is 0 Å². The summed E-state index contributed by atoms with van der Waals surface area (Å²) in [5.74, 6) is 1.47. The molecule has 1 aromatic heterocycles. The highest BCUT2D eigenvalue weighted by molar-refractivity contribution is 6.30. The number of hydrogen-bond acceptors (Lipinski definition) is 3. The molecule has 0 aliphatic carbocycles. The number of nitrogens with zero attached hydrogens (tertiary/aromatic N) is 3. The first-order valence-corrected chi connectivity index (χ1v) is 6.85. The quantitative estimate of drug-likeness (QED) is 0.925. The van der Waals surface area contributed by atoms with Crippen LogP contribution in [0, 0.1) is 0 Å². The molecular weight excluding hydrogens is 276 g/mol. The molecule has 0 atom stereocenters. The van der Waals surface area contributed by atoms with E-state index in [1.54, 1.807) is 11.9 Å². The van der Waals surface area contributed by atoms with Crippen molar-refractivity contribution in [3.63, 3.8) is 0 Å². The number of carbonyl (C=O) groups excluding carboxylic acids is 1. The number of H-pyrrole nitrogens is 1. The molecule has 1 aliphatic heterocycles. The van der Waals surface area contributed by atoms with Gasteiger partial charge in [-0.1, -0.05) is 18.5 Å². The van der Waals surface area contributed by atoms with Crippen molar-refractivity contribution in [3.05, 3.63) is 40.8 Å². The van der Waals surface area contributed by atoms with Crippen LogP contribution in [0.1, 0.15) is 23.2 Å². The van der Waals surface area contributed by atoms with Crippen LogP contribution in [0.2, 0.25) is 5.02 Å². The smallest absolute Gasteiger partial charge is 0.275 e. The fraction of sp³-hybridized carbons (Fsp3) is 0.286. The van der Waals surface area contributed by atoms with Crippen LogP contribution in [-0.4, -0.2) is 34.5 Å². The topological polar surface area (TPSA) is 52.2 Å². The van der Waals surface area contributed by atoms with E-state index in [4.69, 9.17) is 11.6 Å². The molecule has 0 fully saturated rings. The van der Waals surface area contributed by atoms with Crippen molar-refractivity contribution < 1.29 is 4.79 Å². The summed E-state index contributed by atoms with van der Waals surface area (Å²) in [5.41, 5.74) is 1.51. The lowest BCUT2D eigenvalue weighted by atomic mass is 10.2. The third kappa shape index (κ3) is 2.04. The Labute approximate surface area is 122 Å². The average Bonchev–Trinajstić information content (AvgIpc) is 2.88. The molecule has 1 N–H and O–H groups in total. The van der Waals surface area contributed by atoms with Gasteiger partial charge in [0.25, 0.3) is 5.91 Å². The van der Waals surface area contributed by atoms with Gasteiger partial charge >= 0.3 is 0 Å². The van der Waals surface area contributed by atoms with Gasteiger partial charge in [0.05, 0.1) is 6.67 Å². The number of fused-ring (bicyclic) bond motifs is 1. The Morgan fingerprint density at radius 1 is 1.35 bits per heavy atom. The fourth-order valence-electron chi connectivity index (χ4n) is 2.28. The Kier molecular flexibility index (Phi) is 3.14. The van der Waals surface area contributed by atoms with Crippen molar-refractivity contribution in [1.29, 1.82) is 0 Å². The maximum atomic E-state index is 12.2. The summed E-state index contributed by atoms with van der Waals surface area (Å²) in [6, 6.07) is 7.52. The van der Waals surface area contributed by atoms with Gasteiger partial charge in [0.15, 0.2) is 5.82 Å². The molecule has 0 unspecified atom stereocenters. The minimum absolute atomic E-state index is 0.0302. The molecule has 0 radical (unpaired) electrons. The van der Waals surface area contributed by atoms with Gasteiger partial charge in [-0.2, -0.15) is 0 Å². The molecule has 104 valence electrons. The van der Waals surface area contributed by atoms with E-state index in [0.29, 0.717) is 23.2 Å². The minimum Gasteiger partial charge on any atom is -0.336 e. The Morgan fingerprint density at radius 2 is 2.05 bits per heavy atom. The molecule has 1 aromatic carbocycles. The van der Waals surface area contributed by atoms with E-state index in [0.717, 1.165) is 17.9 Å². The number of halogens is 1. The molecule has 1 amide bonds. The third-order valence-electron chi connectivity index (χ3n) is 3.38. The van der Waals surface area contributed by atoms with Crippen molar-refractivity contribution in [3.8, 4) is 0 Å². The van der Waals surface area contributed by atoms with Gasteiger partial charge in [0.2, 0.25) is 0 Å². The van der Waals surface area contributed by atoms with Crippen LogP contribution in [0.3, 0.4) is 0 Å². The maximum absolute atomic E-state index is 12.2. The van der Waals surface area contributed by atoms with Crippen LogP contribution < -0.4 is 4.90 Å². The highest BCUT2D eigenvalue weighted by atomic mass is 35.5. The van der Waals surface area contributed by atoms with E-state index in [2.05, 4.69) is 9.97 Å². The normalized spacial score (nSPS) is 14.7. The fourth-order valence-corrected chi connectivity index (χ4v) is 2.41. The van der Waals surface area contributed by atoms with E-state index in [9.17, 15) is 4.79 Å². The van der Waals surface area contributed by atoms with Crippen LogP contribution in [0.15, 0.2) is 24.3 Å². The first-order chi connectivity index (χ1) is 9.60. The Hall–Kier alpha value is -2.01. The summed E-state index contributed by atoms with van der Waals surface area (Å²) >= 11 is 5.92. The van der Waals surface area contributed by atoms with Crippen molar-refractivity contribution in [2.24, 2.45) is 0 Å². The van der Waals surface area contributed by atoms with Gasteiger partial charge in [-0.3, -0.25) is 4.79 Å². The highest BCUT2D eigenvalue weighted by Crippen LogP contribution is 2.32. The van der Waals surface area contributed by atoms with Crippen molar-refractivity contribution in [2.75, 3.05) is 18.6 Å². The van der Waals surface area contributed by atoms with Crippen LogP contribution in [-0.2, 0) is 6.42 Å². The van der Waals surface area contributed by atoms with Crippen LogP contribution in [0.25, 0.3) is 0 Å². The van der Waals surface area contributed by atoms with Gasteiger partial charge in [-0.15, -0.1) is 0 Å². The number of anilines is 2. The van der Waals surface area contributed by atoms with E-state index >= 15 is 0 Å². The Balaban J connectivity index is 2.08. The molecule has 0 saturated carbocycles. The van der Waals surface area contributed by atoms with Crippen LogP contribution in [0.5, 0.6) is 0 Å². The lowest BCUT2D eigenvalue weighted by molar-refractivity contribution is 0.0782. The summed E-state index contributed by atoms with van der Waals surface area (Å²) in [5, 5.41) is 0.687. The molecule has 0 bridgehead atoms. The zero-order valence-electron chi connectivity index (χ0n) is 11.4. The molecule has 2 heterocycles. The number of hydrogen-bond donors (Lipinski definition) is 1. The number of aryl methyl sites for hydroxylation is 1. The van der Waals surface area contributed by atoms with Crippen molar-refractivity contribution in [2.45, 2.75) is 13.3 Å². The zero-order valence-corrected chi connectivity index (χ0v) is 12.1. The number of amides is 1. The SMILES string of the molecule is CCc1nc2c([nH]1)C(=O)N(C)CN2c1ccc(Cl)cc1. The largest absolute Gasteiger partial charge is 0.336 e. The predicted molar refractivity (Wildman–Crippen MR) is 78.5 cm³/mol. The number of benzene rings is 1. The lowest BCUT2D eigenvalue weighted by Crippen LogP contribution is -2.42. The summed E-state index contributed by atoms with van der Waals surface area (Å²) in [4.78, 5) is 23.5. The van der Waals surface area contributed by atoms with Crippen LogP contribution in [0.4, 0.5) is 11.5 Å². The van der Waals surface area contributed by atoms with Gasteiger partial charge in [0, 0.05) is 24.2 Å². The molecule has 1 aliphatic rings. The zero-order chi connectivity index (χ0) is 14.3. The Morgan fingerprint density at radius 3 is 2.70 bits per heavy atom. The second-order valence-corrected chi connectivity index (χ2v) is 5.22. The first-order valence-electron chi connectivity index (χ1n) is 6.47. The highest BCUT2D eigenvalue weighted by Gasteiger charge is 2.31. The molecule has 0 saturated heterocycles. The number of nitrogens with one attached hydrogen (secondary N) is 1. The second kappa shape index (κ2) is 4.83. The van der Waals surface area contributed by atoms with Gasteiger partial charge < -0.3 is 14.8 Å². The maximum Gasteiger partial charge on any atom is 0.275 e. The van der Waals surface area contributed by atoms with Gasteiger partial charge in [-0.25, -0.2) is 4.98 Å². The Bertz CT molecular complexity index is 650. The number of carbonyl (C=O) groups is 1. The standard InChI is InChI=1S/C14H15ClN4O/c1-3-11-16-12-13(17-11)19(8-18(2)14(12)20)10-6-4-9(15)5-7-10/h4-7H,3,8H2,1-2H3,(H,16,17). The first kappa shape index (κ1) is 13.0. The monoisotopic (exact) mass is 290 g/mol. The van der Waals surface area contributed by atoms with E-state index in [1.807, 2.05) is 36.1 Å². The minimum atomic E-state index is -0.0302. The van der Waals surface area contributed by atoms with Gasteiger partial charge in [0.1, 0.15) is 11.5 Å². The number of aromatic amines is 1. The van der Waals surface area contributed by atoms with Crippen molar-refractivity contribution in [1.82, 2.24) is 14.9 Å². The van der Waals surface area contributed by atoms with E-state index < -0.39 is 0 Å². The predicted octanol–water partition coefficient (Wildman–Crippen LogP) is 2.81. The molecule has 0 spiro atoms. The lowest BCUT2D eigenvalue weighted by Gasteiger charge is -2.33. The molecule has 5 nitrogen and oxygen atoms in total. The number of imidazole rings is 1. The molecule has 6 heteroatoms. The summed E-state index contributed by atoms with van der Waals surface area (Å²) in [6.07, 6.45) is 0.762. The molecule has 3 rings (SSSR count). The summed E-state index contributed by atoms with van der Waals surface area (Å²) in [6.45, 7) is 2.48. The van der Waals surface area contributed by atoms with E-state index in [-0.39, 0.29) is 5.91 Å². The average molecular weight is 291 g/mol. The van der Waals surface area contributed by atoms with Gasteiger partial charge in [-0.05, 0) is 24.3 Å². The second-order valence-electron chi connectivity index (χ2n) is 4.78. The summed E-state index contributed by atoms with van der Waals surface area (Å²) < 4.78 is 0. The molecule has 20 heavy (non-hydrogen) atoms. The molecular formula is C14H15ClN4O.